The van der Waals surface area contributed by atoms with E-state index in [1.54, 1.807) is 13.8 Å². The van der Waals surface area contributed by atoms with Gasteiger partial charge in [0, 0.05) is 31.8 Å². The van der Waals surface area contributed by atoms with Gasteiger partial charge in [0.2, 0.25) is 5.43 Å². The van der Waals surface area contributed by atoms with Crippen LogP contribution >= 0.6 is 11.6 Å². The molecule has 2 aromatic rings. The van der Waals surface area contributed by atoms with Crippen LogP contribution < -0.4 is 5.43 Å². The first-order valence-corrected chi connectivity index (χ1v) is 8.14. The maximum Gasteiger partial charge on any atom is 0.433 e. The van der Waals surface area contributed by atoms with Gasteiger partial charge in [0.05, 0.1) is 10.6 Å². The van der Waals surface area contributed by atoms with Crippen LogP contribution in [0.2, 0.25) is 5.02 Å². The van der Waals surface area contributed by atoms with Crippen molar-refractivity contribution < 1.29 is 22.4 Å². The lowest BCUT2D eigenvalue weighted by Gasteiger charge is -2.22. The number of rotatable bonds is 3. The number of carbonyl (C=O) groups excluding carboxylic acids is 1. The van der Waals surface area contributed by atoms with Crippen LogP contribution in [0.5, 0.6) is 0 Å². The average molecular weight is 406 g/mol. The highest BCUT2D eigenvalue weighted by atomic mass is 35.5. The van der Waals surface area contributed by atoms with Gasteiger partial charge in [0.1, 0.15) is 17.2 Å². The number of aromatic nitrogens is 2. The Labute approximate surface area is 157 Å². The van der Waals surface area contributed by atoms with E-state index in [2.05, 4.69) is 5.10 Å². The quantitative estimate of drug-likeness (QED) is 0.731. The third-order valence-corrected chi connectivity index (χ3v) is 4.34. The van der Waals surface area contributed by atoms with Gasteiger partial charge in [0.15, 0.2) is 0 Å². The minimum Gasteiger partial charge on any atom is -0.339 e. The Kier molecular flexibility index (Phi) is 5.65. The summed E-state index contributed by atoms with van der Waals surface area (Å²) in [5.41, 5.74) is -3.46. The molecule has 10 heteroatoms. The first-order valence-electron chi connectivity index (χ1n) is 7.76. The molecule has 2 rings (SSSR count). The largest absolute Gasteiger partial charge is 0.433 e. The topological polar surface area (TPSA) is 55.2 Å². The summed E-state index contributed by atoms with van der Waals surface area (Å²) in [6.07, 6.45) is -4.79. The third-order valence-electron chi connectivity index (χ3n) is 4.03. The van der Waals surface area contributed by atoms with Crippen LogP contribution in [-0.4, -0.2) is 33.7 Å². The maximum atomic E-state index is 14.4. The molecule has 1 aromatic carbocycles. The third kappa shape index (κ3) is 4.13. The molecule has 0 N–H and O–H groups in total. The maximum absolute atomic E-state index is 14.4. The Morgan fingerprint density at radius 2 is 1.85 bits per heavy atom. The van der Waals surface area contributed by atoms with E-state index < -0.39 is 40.3 Å². The van der Waals surface area contributed by atoms with E-state index in [0.29, 0.717) is 10.7 Å². The summed E-state index contributed by atoms with van der Waals surface area (Å²) in [4.78, 5) is 26.0. The van der Waals surface area contributed by atoms with E-state index >= 15 is 0 Å². The van der Waals surface area contributed by atoms with Crippen LogP contribution in [-0.2, 0) is 13.2 Å². The highest BCUT2D eigenvalue weighted by molar-refractivity contribution is 6.34. The fourth-order valence-electron chi connectivity index (χ4n) is 2.31. The van der Waals surface area contributed by atoms with Gasteiger partial charge in [-0.1, -0.05) is 11.6 Å². The molecule has 1 amide bonds. The monoisotopic (exact) mass is 405 g/mol. The molecule has 5 nitrogen and oxygen atoms in total. The predicted molar refractivity (Wildman–Crippen MR) is 92.1 cm³/mol. The second-order valence-electron chi connectivity index (χ2n) is 6.19. The van der Waals surface area contributed by atoms with Gasteiger partial charge in [-0.15, -0.1) is 0 Å². The van der Waals surface area contributed by atoms with E-state index in [1.165, 1.54) is 11.9 Å². The molecule has 1 aromatic heterocycles. The van der Waals surface area contributed by atoms with E-state index in [1.807, 2.05) is 0 Å². The van der Waals surface area contributed by atoms with Crippen molar-refractivity contribution in [3.63, 3.8) is 0 Å². The van der Waals surface area contributed by atoms with Crippen LogP contribution in [0.1, 0.15) is 29.9 Å². The highest BCUT2D eigenvalue weighted by Crippen LogP contribution is 2.30. The summed E-state index contributed by atoms with van der Waals surface area (Å²) in [6, 6.07) is 2.00. The van der Waals surface area contributed by atoms with E-state index in [-0.39, 0.29) is 16.6 Å². The molecule has 0 aliphatic rings. The van der Waals surface area contributed by atoms with Crippen molar-refractivity contribution in [3.05, 3.63) is 50.5 Å². The smallest absolute Gasteiger partial charge is 0.339 e. The zero-order valence-electron chi connectivity index (χ0n) is 14.9. The van der Waals surface area contributed by atoms with E-state index in [0.717, 1.165) is 19.2 Å². The molecular formula is C17H16ClF4N3O2. The molecule has 146 valence electrons. The molecule has 0 aliphatic heterocycles. The lowest BCUT2D eigenvalue weighted by molar-refractivity contribution is -0.144. The molecule has 0 fully saturated rings. The van der Waals surface area contributed by atoms with E-state index in [4.69, 9.17) is 11.6 Å². The zero-order valence-corrected chi connectivity index (χ0v) is 15.6. The van der Waals surface area contributed by atoms with Crippen LogP contribution in [0, 0.1) is 5.82 Å². The number of hydrogen-bond acceptors (Lipinski definition) is 3. The highest BCUT2D eigenvalue weighted by Gasteiger charge is 2.35. The van der Waals surface area contributed by atoms with Gasteiger partial charge in [-0.2, -0.15) is 18.3 Å². The van der Waals surface area contributed by atoms with Crippen molar-refractivity contribution >= 4 is 17.5 Å². The summed E-state index contributed by atoms with van der Waals surface area (Å²) >= 11 is 5.95. The first kappa shape index (κ1) is 20.9. The summed E-state index contributed by atoms with van der Waals surface area (Å²) in [6.45, 7) is 3.51. The Hall–Kier alpha value is -2.42. The molecule has 0 saturated carbocycles. The van der Waals surface area contributed by atoms with Gasteiger partial charge in [-0.25, -0.2) is 4.39 Å². The molecule has 0 bridgehead atoms. The molecule has 0 saturated heterocycles. The Morgan fingerprint density at radius 1 is 1.26 bits per heavy atom. The lowest BCUT2D eigenvalue weighted by Crippen LogP contribution is -2.33. The predicted octanol–water partition coefficient (Wildman–Crippen LogP) is 3.74. The minimum atomic E-state index is -4.79. The van der Waals surface area contributed by atoms with Crippen LogP contribution in [0.3, 0.4) is 0 Å². The number of carbonyl (C=O) groups is 1. The number of halogens is 5. The van der Waals surface area contributed by atoms with Crippen molar-refractivity contribution in [1.29, 1.82) is 0 Å². The zero-order chi connectivity index (χ0) is 20.7. The SMILES string of the molecule is CC(C)N(C)C(=O)c1cc(-c2nn(C)c(C(F)(F)F)cc2=O)c(F)cc1Cl. The molecule has 1 heterocycles. The Bertz CT molecular complexity index is 954. The second kappa shape index (κ2) is 7.30. The summed E-state index contributed by atoms with van der Waals surface area (Å²) in [5.74, 6) is -1.51. The van der Waals surface area contributed by atoms with Gasteiger partial charge in [0.25, 0.3) is 5.91 Å². The van der Waals surface area contributed by atoms with E-state index in [9.17, 15) is 27.2 Å². The number of benzene rings is 1. The fraction of sp³-hybridized carbons (Fsp3) is 0.353. The van der Waals surface area contributed by atoms with Crippen LogP contribution in [0.25, 0.3) is 11.3 Å². The van der Waals surface area contributed by atoms with Crippen molar-refractivity contribution in [3.8, 4) is 11.3 Å². The molecule has 0 spiro atoms. The Morgan fingerprint density at radius 3 is 2.37 bits per heavy atom. The average Bonchev–Trinajstić information content (AvgIpc) is 2.54. The van der Waals surface area contributed by atoms with Gasteiger partial charge < -0.3 is 4.90 Å². The summed E-state index contributed by atoms with van der Waals surface area (Å²) in [5, 5.41) is 3.37. The molecular weight excluding hydrogens is 390 g/mol. The summed E-state index contributed by atoms with van der Waals surface area (Å²) in [7, 11) is 2.50. The second-order valence-corrected chi connectivity index (χ2v) is 6.59. The van der Waals surface area contributed by atoms with Gasteiger partial charge in [-0.05, 0) is 26.0 Å². The minimum absolute atomic E-state index is 0.0898. The van der Waals surface area contributed by atoms with Crippen molar-refractivity contribution in [2.45, 2.75) is 26.1 Å². The standard InChI is InChI=1S/C17H16ClF4N3O2/c1-8(2)24(3)16(27)9-5-10(12(19)6-11(9)18)15-13(26)7-14(17(20,21)22)25(4)23-15/h5-8H,1-4H3. The molecule has 0 unspecified atom stereocenters. The number of hydrogen-bond donors (Lipinski definition) is 0. The molecule has 0 atom stereocenters. The molecule has 27 heavy (non-hydrogen) atoms. The van der Waals surface area contributed by atoms with Crippen molar-refractivity contribution in [1.82, 2.24) is 14.7 Å². The number of alkyl halides is 3. The first-order chi connectivity index (χ1) is 12.3. The summed E-state index contributed by atoms with van der Waals surface area (Å²) < 4.78 is 53.5. The molecule has 0 aliphatic carbocycles. The number of amides is 1. The Balaban J connectivity index is 2.67. The number of aryl methyl sites for hydroxylation is 1. The number of nitrogens with zero attached hydrogens (tertiary/aromatic N) is 3. The van der Waals surface area contributed by atoms with Crippen LogP contribution in [0.4, 0.5) is 17.6 Å². The van der Waals surface area contributed by atoms with Crippen molar-refractivity contribution in [2.24, 2.45) is 7.05 Å². The lowest BCUT2D eigenvalue weighted by atomic mass is 10.0. The molecule has 0 radical (unpaired) electrons. The van der Waals surface area contributed by atoms with Gasteiger partial charge >= 0.3 is 6.18 Å². The van der Waals surface area contributed by atoms with Crippen molar-refractivity contribution in [2.75, 3.05) is 7.05 Å². The van der Waals surface area contributed by atoms with Crippen LogP contribution in [0.15, 0.2) is 23.0 Å². The van der Waals surface area contributed by atoms with Gasteiger partial charge in [-0.3, -0.25) is 14.3 Å². The fourth-order valence-corrected chi connectivity index (χ4v) is 2.54. The normalized spacial score (nSPS) is 11.8.